The molecule has 31 heavy (non-hydrogen) atoms. The topological polar surface area (TPSA) is 83.8 Å². The second-order valence-electron chi connectivity index (χ2n) is 7.54. The maximum absolute atomic E-state index is 10.9. The monoisotopic (exact) mass is 410 g/mol. The van der Waals surface area contributed by atoms with Gasteiger partial charge in [0.05, 0.1) is 36.4 Å². The molecular formula is C25H22N4O2. The van der Waals surface area contributed by atoms with Crippen LogP contribution in [0.3, 0.4) is 0 Å². The summed E-state index contributed by atoms with van der Waals surface area (Å²) in [6, 6.07) is 19.8. The number of nitrogens with zero attached hydrogens (tertiary/aromatic N) is 4. The predicted molar refractivity (Wildman–Crippen MR) is 120 cm³/mol. The third-order valence-electron chi connectivity index (χ3n) is 5.36. The molecule has 0 radical (unpaired) electrons. The van der Waals surface area contributed by atoms with Gasteiger partial charge in [-0.25, -0.2) is 4.98 Å². The van der Waals surface area contributed by atoms with Crippen LogP contribution in [-0.4, -0.2) is 25.2 Å². The zero-order chi connectivity index (χ0) is 22.0. The van der Waals surface area contributed by atoms with Crippen molar-refractivity contribution in [3.63, 3.8) is 0 Å². The molecule has 0 atom stereocenters. The van der Waals surface area contributed by atoms with Crippen LogP contribution < -0.4 is 0 Å². The zero-order valence-electron chi connectivity index (χ0n) is 17.4. The minimum Gasteiger partial charge on any atom is -0.481 e. The maximum Gasteiger partial charge on any atom is 0.307 e. The Balaban J connectivity index is 1.64. The number of benzene rings is 2. The van der Waals surface area contributed by atoms with E-state index < -0.39 is 5.97 Å². The number of aliphatic carboxylic acids is 1. The van der Waals surface area contributed by atoms with Crippen molar-refractivity contribution in [2.24, 2.45) is 0 Å². The van der Waals surface area contributed by atoms with Crippen molar-refractivity contribution in [2.45, 2.75) is 26.8 Å². The van der Waals surface area contributed by atoms with Gasteiger partial charge in [0.25, 0.3) is 0 Å². The number of nitriles is 1. The second-order valence-corrected chi connectivity index (χ2v) is 7.54. The van der Waals surface area contributed by atoms with Crippen molar-refractivity contribution in [2.75, 3.05) is 0 Å². The highest BCUT2D eigenvalue weighted by atomic mass is 16.4. The Kier molecular flexibility index (Phi) is 5.42. The number of rotatable bonds is 6. The van der Waals surface area contributed by atoms with E-state index in [1.807, 2.05) is 73.0 Å². The average molecular weight is 410 g/mol. The summed E-state index contributed by atoms with van der Waals surface area (Å²) in [6.07, 6.45) is 3.69. The molecule has 154 valence electrons. The summed E-state index contributed by atoms with van der Waals surface area (Å²) in [6.45, 7) is 4.49. The Bertz CT molecular complexity index is 1330. The lowest BCUT2D eigenvalue weighted by molar-refractivity contribution is -0.136. The van der Waals surface area contributed by atoms with Crippen molar-refractivity contribution < 1.29 is 9.90 Å². The number of aryl methyl sites for hydroxylation is 1. The molecule has 0 aliphatic carbocycles. The smallest absolute Gasteiger partial charge is 0.307 e. The number of para-hydroxylation sites is 2. The lowest BCUT2D eigenvalue weighted by Crippen LogP contribution is -2.02. The van der Waals surface area contributed by atoms with E-state index in [2.05, 4.69) is 21.7 Å². The average Bonchev–Trinajstić information content (AvgIpc) is 3.28. The fourth-order valence-electron chi connectivity index (χ4n) is 3.89. The molecule has 2 heterocycles. The minimum absolute atomic E-state index is 0.00632. The quantitative estimate of drug-likeness (QED) is 0.468. The number of fused-ring (bicyclic) bond motifs is 1. The fraction of sp³-hybridized carbons (Fsp3) is 0.160. The van der Waals surface area contributed by atoms with Crippen LogP contribution in [0.25, 0.3) is 22.8 Å². The molecule has 0 saturated heterocycles. The predicted octanol–water partition coefficient (Wildman–Crippen LogP) is 4.68. The number of carboxylic acids is 1. The molecule has 6 heteroatoms. The first kappa shape index (κ1) is 20.2. The van der Waals surface area contributed by atoms with E-state index in [9.17, 15) is 10.1 Å². The van der Waals surface area contributed by atoms with Crippen LogP contribution in [0.4, 0.5) is 0 Å². The van der Waals surface area contributed by atoms with Gasteiger partial charge in [0.1, 0.15) is 0 Å². The van der Waals surface area contributed by atoms with Crippen LogP contribution in [0, 0.1) is 25.2 Å². The van der Waals surface area contributed by atoms with Crippen LogP contribution in [0.15, 0.2) is 66.5 Å². The molecule has 0 fully saturated rings. The Morgan fingerprint density at radius 3 is 2.61 bits per heavy atom. The summed E-state index contributed by atoms with van der Waals surface area (Å²) in [5.41, 5.74) is 7.31. The van der Waals surface area contributed by atoms with Crippen molar-refractivity contribution in [3.8, 4) is 11.8 Å². The molecule has 2 aromatic carbocycles. The first-order valence-corrected chi connectivity index (χ1v) is 9.97. The molecule has 0 aliphatic rings. The third-order valence-corrected chi connectivity index (χ3v) is 5.36. The van der Waals surface area contributed by atoms with Crippen LogP contribution in [0.5, 0.6) is 0 Å². The van der Waals surface area contributed by atoms with Gasteiger partial charge in [0.2, 0.25) is 0 Å². The molecule has 2 aromatic heterocycles. The van der Waals surface area contributed by atoms with E-state index in [1.165, 1.54) is 0 Å². The molecule has 1 N–H and O–H groups in total. The molecule has 0 bridgehead atoms. The summed E-state index contributed by atoms with van der Waals surface area (Å²) < 4.78 is 4.09. The van der Waals surface area contributed by atoms with Crippen LogP contribution in [0.1, 0.15) is 22.5 Å². The summed E-state index contributed by atoms with van der Waals surface area (Å²) in [7, 11) is 0. The number of imidazole rings is 1. The standard InChI is InChI=1S/C25H22N4O2/c1-17-11-21(18(2)29(17)22-9-7-19(8-10-22)13-25(30)31)12-20(14-26)15-28-16-27-23-5-3-4-6-24(23)28/h3-12,16H,13,15H2,1-2H3,(H,30,31)/b20-12-. The van der Waals surface area contributed by atoms with Crippen LogP contribution in [-0.2, 0) is 17.8 Å². The Hall–Kier alpha value is -4.11. The minimum atomic E-state index is -0.844. The molecular weight excluding hydrogens is 388 g/mol. The van der Waals surface area contributed by atoms with Crippen molar-refractivity contribution in [1.29, 1.82) is 5.26 Å². The van der Waals surface area contributed by atoms with Gasteiger partial charge < -0.3 is 14.2 Å². The van der Waals surface area contributed by atoms with Crippen molar-refractivity contribution in [3.05, 3.63) is 89.0 Å². The van der Waals surface area contributed by atoms with E-state index in [4.69, 9.17) is 5.11 Å². The molecule has 0 saturated carbocycles. The molecule has 6 nitrogen and oxygen atoms in total. The Morgan fingerprint density at radius 1 is 1.16 bits per heavy atom. The lowest BCUT2D eigenvalue weighted by Gasteiger charge is -2.10. The second kappa shape index (κ2) is 8.33. The highest BCUT2D eigenvalue weighted by Crippen LogP contribution is 2.24. The van der Waals surface area contributed by atoms with E-state index in [-0.39, 0.29) is 6.42 Å². The van der Waals surface area contributed by atoms with Gasteiger partial charge in [-0.1, -0.05) is 24.3 Å². The molecule has 0 aliphatic heterocycles. The van der Waals surface area contributed by atoms with Gasteiger partial charge in [-0.3, -0.25) is 4.79 Å². The molecule has 0 spiro atoms. The first-order chi connectivity index (χ1) is 15.0. The van der Waals surface area contributed by atoms with E-state index in [0.717, 1.165) is 39.2 Å². The number of hydrogen-bond acceptors (Lipinski definition) is 3. The number of hydrogen-bond donors (Lipinski definition) is 1. The highest BCUT2D eigenvalue weighted by Gasteiger charge is 2.12. The Morgan fingerprint density at radius 2 is 1.90 bits per heavy atom. The van der Waals surface area contributed by atoms with E-state index >= 15 is 0 Å². The van der Waals surface area contributed by atoms with Gasteiger partial charge in [-0.05, 0) is 61.4 Å². The van der Waals surface area contributed by atoms with E-state index in [0.29, 0.717) is 12.1 Å². The van der Waals surface area contributed by atoms with Crippen LogP contribution in [0.2, 0.25) is 0 Å². The fourth-order valence-corrected chi connectivity index (χ4v) is 3.89. The zero-order valence-corrected chi connectivity index (χ0v) is 17.4. The largest absolute Gasteiger partial charge is 0.481 e. The molecule has 0 amide bonds. The summed E-state index contributed by atoms with van der Waals surface area (Å²) in [4.78, 5) is 15.3. The summed E-state index contributed by atoms with van der Waals surface area (Å²) in [5.74, 6) is -0.844. The Labute approximate surface area is 180 Å². The highest BCUT2D eigenvalue weighted by molar-refractivity contribution is 5.75. The lowest BCUT2D eigenvalue weighted by atomic mass is 10.1. The van der Waals surface area contributed by atoms with Gasteiger partial charge in [-0.15, -0.1) is 0 Å². The normalized spacial score (nSPS) is 11.6. The maximum atomic E-state index is 10.9. The number of carboxylic acid groups (broad SMARTS) is 1. The third kappa shape index (κ3) is 4.12. The number of carbonyl (C=O) groups is 1. The molecule has 0 unspecified atom stereocenters. The van der Waals surface area contributed by atoms with E-state index in [1.54, 1.807) is 6.33 Å². The number of aromatic nitrogens is 3. The molecule has 4 aromatic rings. The number of allylic oxidation sites excluding steroid dienone is 1. The van der Waals surface area contributed by atoms with Gasteiger partial charge in [0.15, 0.2) is 0 Å². The van der Waals surface area contributed by atoms with Crippen LogP contribution >= 0.6 is 0 Å². The summed E-state index contributed by atoms with van der Waals surface area (Å²) >= 11 is 0. The van der Waals surface area contributed by atoms with Gasteiger partial charge in [-0.2, -0.15) is 5.26 Å². The van der Waals surface area contributed by atoms with Gasteiger partial charge >= 0.3 is 5.97 Å². The molecule has 4 rings (SSSR count). The summed E-state index contributed by atoms with van der Waals surface area (Å²) in [5, 5.41) is 18.7. The first-order valence-electron chi connectivity index (χ1n) is 9.97. The van der Waals surface area contributed by atoms with Crippen molar-refractivity contribution in [1.82, 2.24) is 14.1 Å². The van der Waals surface area contributed by atoms with Crippen molar-refractivity contribution >= 4 is 23.1 Å². The SMILES string of the molecule is Cc1cc(/C=C(/C#N)Cn2cnc3ccccc32)c(C)n1-c1ccc(CC(=O)O)cc1. The van der Waals surface area contributed by atoms with Gasteiger partial charge in [0, 0.05) is 22.6 Å².